The van der Waals surface area contributed by atoms with Crippen LogP contribution in [0.25, 0.3) is 10.8 Å². The first kappa shape index (κ1) is 11.0. The summed E-state index contributed by atoms with van der Waals surface area (Å²) in [4.78, 5) is 25.0. The molecule has 5 nitrogen and oxygen atoms in total. The van der Waals surface area contributed by atoms with Crippen molar-refractivity contribution in [3.8, 4) is 0 Å². The molecule has 0 aliphatic carbocycles. The molecular formula is C14H14N2O3. The molecule has 4 rings (SSSR count). The molecule has 98 valence electrons. The molecule has 2 aromatic rings. The Labute approximate surface area is 109 Å². The van der Waals surface area contributed by atoms with Gasteiger partial charge in [-0.2, -0.15) is 0 Å². The lowest BCUT2D eigenvalue weighted by Gasteiger charge is -2.26. The Morgan fingerprint density at radius 3 is 1.79 bits per heavy atom. The largest absolute Gasteiger partial charge is 0.359 e. The fourth-order valence-electron chi connectivity index (χ4n) is 3.11. The monoisotopic (exact) mass is 258 g/mol. The zero-order valence-corrected chi connectivity index (χ0v) is 10.8. The predicted molar refractivity (Wildman–Crippen MR) is 70.4 cm³/mol. The summed E-state index contributed by atoms with van der Waals surface area (Å²) in [6, 6.07) is 6.97. The predicted octanol–water partition coefficient (Wildman–Crippen LogP) is 0.724. The Morgan fingerprint density at radius 2 is 1.37 bits per heavy atom. The maximum Gasteiger partial charge on any atom is 0.273 e. The summed E-state index contributed by atoms with van der Waals surface area (Å²) in [5.74, 6) is 0. The zero-order chi connectivity index (χ0) is 13.4. The van der Waals surface area contributed by atoms with Crippen LogP contribution in [0.5, 0.6) is 0 Å². The van der Waals surface area contributed by atoms with E-state index < -0.39 is 0 Å². The molecule has 19 heavy (non-hydrogen) atoms. The van der Waals surface area contributed by atoms with E-state index in [1.807, 2.05) is 13.8 Å². The highest BCUT2D eigenvalue weighted by Crippen LogP contribution is 2.51. The standard InChI is InChI=1S/C14H14N2O3/c1-13-7-15-11(17)9-5-3-4-6-10(9)12(18)16(15)8-14(13,2)19-13/h3-6H,7-8H2,1-2H3/t13-,14+. The Balaban J connectivity index is 2.12. The van der Waals surface area contributed by atoms with Crippen molar-refractivity contribution < 1.29 is 4.74 Å². The van der Waals surface area contributed by atoms with Gasteiger partial charge in [-0.05, 0) is 26.0 Å². The second-order valence-electron chi connectivity index (χ2n) is 5.83. The van der Waals surface area contributed by atoms with E-state index >= 15 is 0 Å². The van der Waals surface area contributed by atoms with E-state index in [-0.39, 0.29) is 22.3 Å². The number of hydrogen-bond acceptors (Lipinski definition) is 3. The van der Waals surface area contributed by atoms with Crippen LogP contribution in [0.2, 0.25) is 0 Å². The van der Waals surface area contributed by atoms with E-state index in [0.29, 0.717) is 23.9 Å². The van der Waals surface area contributed by atoms with E-state index in [1.54, 1.807) is 24.3 Å². The number of epoxide rings is 1. The van der Waals surface area contributed by atoms with Crippen LogP contribution in [0.1, 0.15) is 13.8 Å². The van der Waals surface area contributed by atoms with Crippen LogP contribution in [0.4, 0.5) is 0 Å². The number of fused-ring (bicyclic) bond motifs is 3. The molecular weight excluding hydrogens is 244 g/mol. The van der Waals surface area contributed by atoms with E-state index in [0.717, 1.165) is 0 Å². The van der Waals surface area contributed by atoms with Gasteiger partial charge in [0.2, 0.25) is 0 Å². The van der Waals surface area contributed by atoms with Crippen molar-refractivity contribution in [1.29, 1.82) is 0 Å². The van der Waals surface area contributed by atoms with Crippen LogP contribution in [0.15, 0.2) is 33.9 Å². The quantitative estimate of drug-likeness (QED) is 0.654. The Kier molecular flexibility index (Phi) is 1.73. The molecule has 2 aliphatic heterocycles. The molecule has 0 amide bonds. The molecule has 0 radical (unpaired) electrons. The van der Waals surface area contributed by atoms with Gasteiger partial charge in [0.1, 0.15) is 11.2 Å². The fraction of sp³-hybridized carbons (Fsp3) is 0.429. The number of benzene rings is 1. The van der Waals surface area contributed by atoms with Gasteiger partial charge >= 0.3 is 0 Å². The number of nitrogens with zero attached hydrogens (tertiary/aromatic N) is 2. The molecule has 0 unspecified atom stereocenters. The van der Waals surface area contributed by atoms with Gasteiger partial charge in [-0.15, -0.1) is 0 Å². The molecule has 0 saturated carbocycles. The van der Waals surface area contributed by atoms with Gasteiger partial charge in [0.25, 0.3) is 11.1 Å². The first-order valence-electron chi connectivity index (χ1n) is 6.38. The van der Waals surface area contributed by atoms with Gasteiger partial charge < -0.3 is 4.74 Å². The Morgan fingerprint density at radius 1 is 0.947 bits per heavy atom. The molecule has 2 atom stereocenters. The van der Waals surface area contributed by atoms with E-state index in [2.05, 4.69) is 0 Å². The summed E-state index contributed by atoms with van der Waals surface area (Å²) in [5.41, 5.74) is -0.889. The first-order chi connectivity index (χ1) is 8.95. The van der Waals surface area contributed by atoms with Gasteiger partial charge in [0.15, 0.2) is 0 Å². The second kappa shape index (κ2) is 2.99. The smallest absolute Gasteiger partial charge is 0.273 e. The van der Waals surface area contributed by atoms with Gasteiger partial charge in [-0.1, -0.05) is 12.1 Å². The topological polar surface area (TPSA) is 56.5 Å². The first-order valence-corrected chi connectivity index (χ1v) is 6.38. The van der Waals surface area contributed by atoms with Gasteiger partial charge in [-0.25, -0.2) is 9.36 Å². The van der Waals surface area contributed by atoms with Crippen molar-refractivity contribution in [3.05, 3.63) is 45.0 Å². The van der Waals surface area contributed by atoms with E-state index in [1.165, 1.54) is 9.36 Å². The number of aromatic nitrogens is 2. The lowest BCUT2D eigenvalue weighted by Crippen LogP contribution is -2.49. The number of ether oxygens (including phenoxy) is 1. The van der Waals surface area contributed by atoms with Crippen molar-refractivity contribution in [2.75, 3.05) is 0 Å². The maximum absolute atomic E-state index is 12.5. The van der Waals surface area contributed by atoms with Crippen molar-refractivity contribution in [1.82, 2.24) is 9.36 Å². The van der Waals surface area contributed by atoms with Crippen LogP contribution >= 0.6 is 0 Å². The summed E-state index contributed by atoms with van der Waals surface area (Å²) in [7, 11) is 0. The van der Waals surface area contributed by atoms with Crippen molar-refractivity contribution in [3.63, 3.8) is 0 Å². The normalized spacial score (nSPS) is 31.9. The second-order valence-corrected chi connectivity index (χ2v) is 5.83. The molecule has 2 aliphatic rings. The average molecular weight is 258 g/mol. The summed E-state index contributed by atoms with van der Waals surface area (Å²) < 4.78 is 8.81. The molecule has 0 spiro atoms. The fourth-order valence-corrected chi connectivity index (χ4v) is 3.11. The molecule has 0 bridgehead atoms. The molecule has 0 N–H and O–H groups in total. The Bertz CT molecular complexity index is 766. The lowest BCUT2D eigenvalue weighted by atomic mass is 9.94. The summed E-state index contributed by atoms with van der Waals surface area (Å²) in [6.45, 7) is 4.84. The van der Waals surface area contributed by atoms with Crippen molar-refractivity contribution >= 4 is 10.8 Å². The van der Waals surface area contributed by atoms with Crippen LogP contribution in [-0.2, 0) is 17.8 Å². The van der Waals surface area contributed by atoms with Gasteiger partial charge in [0, 0.05) is 0 Å². The minimum absolute atomic E-state index is 0.117. The van der Waals surface area contributed by atoms with Crippen LogP contribution in [-0.4, -0.2) is 20.6 Å². The van der Waals surface area contributed by atoms with Crippen LogP contribution < -0.4 is 11.1 Å². The highest BCUT2D eigenvalue weighted by molar-refractivity contribution is 5.80. The molecule has 1 aromatic carbocycles. The highest BCUT2D eigenvalue weighted by Gasteiger charge is 2.66. The summed E-state index contributed by atoms with van der Waals surface area (Å²) >= 11 is 0. The highest BCUT2D eigenvalue weighted by atomic mass is 16.6. The third-order valence-electron chi connectivity index (χ3n) is 4.58. The van der Waals surface area contributed by atoms with Crippen LogP contribution in [0.3, 0.4) is 0 Å². The summed E-state index contributed by atoms with van der Waals surface area (Å²) in [5, 5.41) is 0.966. The zero-order valence-electron chi connectivity index (χ0n) is 10.8. The number of rotatable bonds is 0. The Hall–Kier alpha value is -1.88. The van der Waals surface area contributed by atoms with Gasteiger partial charge in [0.05, 0.1) is 23.9 Å². The number of hydrogen-bond donors (Lipinski definition) is 0. The van der Waals surface area contributed by atoms with Gasteiger partial charge in [-0.3, -0.25) is 9.59 Å². The minimum Gasteiger partial charge on any atom is -0.359 e. The minimum atomic E-state index is -0.328. The lowest BCUT2D eigenvalue weighted by molar-refractivity contribution is 0.273. The van der Waals surface area contributed by atoms with Crippen LogP contribution in [0, 0.1) is 0 Å². The molecule has 1 saturated heterocycles. The molecule has 1 fully saturated rings. The van der Waals surface area contributed by atoms with Crippen molar-refractivity contribution in [2.24, 2.45) is 0 Å². The molecule has 3 heterocycles. The van der Waals surface area contributed by atoms with Crippen molar-refractivity contribution in [2.45, 2.75) is 38.1 Å². The van der Waals surface area contributed by atoms with E-state index in [9.17, 15) is 9.59 Å². The SMILES string of the molecule is C[C@@]12Cn3c(=O)c4ccccc4c(=O)n3C[C@]1(C)O2. The molecule has 5 heteroatoms. The summed E-state index contributed by atoms with van der Waals surface area (Å²) in [6.07, 6.45) is 0. The third kappa shape index (κ3) is 1.18. The van der Waals surface area contributed by atoms with E-state index in [4.69, 9.17) is 4.74 Å². The third-order valence-corrected chi connectivity index (χ3v) is 4.58. The molecule has 1 aromatic heterocycles. The average Bonchev–Trinajstić information content (AvgIpc) is 2.96. The maximum atomic E-state index is 12.5.